The molecule has 148 valence electrons. The lowest BCUT2D eigenvalue weighted by Gasteiger charge is -2.20. The lowest BCUT2D eigenvalue weighted by atomic mass is 10.0. The molecular weight excluding hydrogens is 316 g/mol. The maximum atomic E-state index is 11.7. The zero-order valence-electron chi connectivity index (χ0n) is 16.7. The summed E-state index contributed by atoms with van der Waals surface area (Å²) >= 11 is 0. The van der Waals surface area contributed by atoms with Gasteiger partial charge >= 0.3 is 5.97 Å². The first-order valence-corrected chi connectivity index (χ1v) is 10.1. The molecule has 0 aromatic heterocycles. The van der Waals surface area contributed by atoms with E-state index in [0.29, 0.717) is 6.42 Å². The lowest BCUT2D eigenvalue weighted by molar-refractivity contribution is -0.164. The van der Waals surface area contributed by atoms with Gasteiger partial charge in [-0.05, 0) is 20.5 Å². The minimum atomic E-state index is -0.963. The number of carbonyl (C=O) groups excluding carboxylic acids is 2. The van der Waals surface area contributed by atoms with Gasteiger partial charge in [0.2, 0.25) is 6.23 Å². The van der Waals surface area contributed by atoms with Crippen LogP contribution in [0, 0.1) is 0 Å². The van der Waals surface area contributed by atoms with E-state index in [-0.39, 0.29) is 5.97 Å². The zero-order chi connectivity index (χ0) is 18.9. The molecule has 1 unspecified atom stereocenters. The summed E-state index contributed by atoms with van der Waals surface area (Å²) in [5.41, 5.74) is 5.20. The van der Waals surface area contributed by atoms with Crippen LogP contribution in [0.15, 0.2) is 0 Å². The molecule has 0 radical (unpaired) electrons. The van der Waals surface area contributed by atoms with Crippen LogP contribution in [0.3, 0.4) is 0 Å². The molecule has 5 nitrogen and oxygen atoms in total. The Bertz CT molecular complexity index is 346. The monoisotopic (exact) mass is 356 g/mol. The van der Waals surface area contributed by atoms with Crippen LogP contribution < -0.4 is 5.73 Å². The van der Waals surface area contributed by atoms with Gasteiger partial charge in [-0.1, -0.05) is 84.0 Å². The molecule has 5 heteroatoms. The van der Waals surface area contributed by atoms with Gasteiger partial charge in [-0.3, -0.25) is 14.5 Å². The first-order valence-electron chi connectivity index (χ1n) is 10.1. The van der Waals surface area contributed by atoms with Gasteiger partial charge in [-0.2, -0.15) is 0 Å². The number of unbranched alkanes of at least 4 members (excludes halogenated alkanes) is 12. The summed E-state index contributed by atoms with van der Waals surface area (Å²) in [6.45, 7) is 2.25. The fraction of sp³-hybridized carbons (Fsp3) is 0.900. The third-order valence-corrected chi connectivity index (χ3v) is 4.44. The van der Waals surface area contributed by atoms with Gasteiger partial charge in [0, 0.05) is 6.42 Å². The molecule has 0 fully saturated rings. The number of rotatable bonds is 17. The van der Waals surface area contributed by atoms with Gasteiger partial charge in [0.05, 0.1) is 0 Å². The Morgan fingerprint density at radius 2 is 1.20 bits per heavy atom. The number of hydrogen-bond acceptors (Lipinski definition) is 4. The molecule has 2 N–H and O–H groups in total. The van der Waals surface area contributed by atoms with E-state index in [9.17, 15) is 9.59 Å². The molecule has 0 saturated carbocycles. The molecule has 0 spiro atoms. The van der Waals surface area contributed by atoms with Crippen molar-refractivity contribution in [3.8, 4) is 0 Å². The van der Waals surface area contributed by atoms with Crippen molar-refractivity contribution in [2.45, 2.75) is 103 Å². The summed E-state index contributed by atoms with van der Waals surface area (Å²) in [6, 6.07) is 0. The number of nitrogens with two attached hydrogens (primary N) is 1. The standard InChI is InChI=1S/C20H40N2O3/c1-4-5-6-7-8-9-10-11-12-13-14-15-16-17-18(23)25-20(19(21)24)22(2)3/h20H,4-17H2,1-3H3,(H2,21,24). The highest BCUT2D eigenvalue weighted by atomic mass is 16.6. The predicted octanol–water partition coefficient (Wildman–Crippen LogP) is 4.38. The topological polar surface area (TPSA) is 72.6 Å². The Hall–Kier alpha value is -1.10. The minimum absolute atomic E-state index is 0.347. The van der Waals surface area contributed by atoms with Gasteiger partial charge < -0.3 is 10.5 Å². The Balaban J connectivity index is 3.40. The average Bonchev–Trinajstić information content (AvgIpc) is 2.56. The molecule has 0 bridgehead atoms. The van der Waals surface area contributed by atoms with E-state index in [1.54, 1.807) is 14.1 Å². The second kappa shape index (κ2) is 16.4. The predicted molar refractivity (Wildman–Crippen MR) is 103 cm³/mol. The summed E-state index contributed by atoms with van der Waals surface area (Å²) < 4.78 is 5.09. The second-order valence-corrected chi connectivity index (χ2v) is 7.20. The summed E-state index contributed by atoms with van der Waals surface area (Å²) in [6.07, 6.45) is 15.9. The molecule has 0 aromatic carbocycles. The van der Waals surface area contributed by atoms with E-state index in [1.807, 2.05) is 0 Å². The highest BCUT2D eigenvalue weighted by Crippen LogP contribution is 2.13. The van der Waals surface area contributed by atoms with Crippen molar-refractivity contribution < 1.29 is 14.3 Å². The van der Waals surface area contributed by atoms with Crippen molar-refractivity contribution in [2.24, 2.45) is 5.73 Å². The van der Waals surface area contributed by atoms with Crippen molar-refractivity contribution in [1.82, 2.24) is 4.90 Å². The highest BCUT2D eigenvalue weighted by molar-refractivity contribution is 5.81. The highest BCUT2D eigenvalue weighted by Gasteiger charge is 2.21. The molecule has 0 saturated heterocycles. The number of ether oxygens (including phenoxy) is 1. The zero-order valence-corrected chi connectivity index (χ0v) is 16.7. The molecule has 0 aliphatic heterocycles. The van der Waals surface area contributed by atoms with Crippen LogP contribution in [0.4, 0.5) is 0 Å². The molecule has 1 atom stereocenters. The van der Waals surface area contributed by atoms with Crippen molar-refractivity contribution in [1.29, 1.82) is 0 Å². The molecule has 0 rings (SSSR count). The van der Waals surface area contributed by atoms with E-state index in [4.69, 9.17) is 10.5 Å². The maximum absolute atomic E-state index is 11.7. The average molecular weight is 357 g/mol. The van der Waals surface area contributed by atoms with Gasteiger partial charge in [-0.15, -0.1) is 0 Å². The van der Waals surface area contributed by atoms with E-state index >= 15 is 0 Å². The Labute approximate surface area is 154 Å². The summed E-state index contributed by atoms with van der Waals surface area (Å²) in [4.78, 5) is 24.4. The van der Waals surface area contributed by atoms with Crippen LogP contribution in [0.25, 0.3) is 0 Å². The fourth-order valence-corrected chi connectivity index (χ4v) is 2.89. The molecule has 0 aliphatic carbocycles. The van der Waals surface area contributed by atoms with Crippen molar-refractivity contribution in [3.63, 3.8) is 0 Å². The van der Waals surface area contributed by atoms with Crippen LogP contribution in [0.2, 0.25) is 0 Å². The van der Waals surface area contributed by atoms with Crippen LogP contribution in [0.5, 0.6) is 0 Å². The van der Waals surface area contributed by atoms with Gasteiger partial charge in [0.1, 0.15) is 0 Å². The van der Waals surface area contributed by atoms with E-state index in [2.05, 4.69) is 6.92 Å². The largest absolute Gasteiger partial charge is 0.437 e. The van der Waals surface area contributed by atoms with Crippen LogP contribution in [0.1, 0.15) is 96.8 Å². The SMILES string of the molecule is CCCCCCCCCCCCCCCC(=O)OC(C(N)=O)N(C)C. The summed E-state index contributed by atoms with van der Waals surface area (Å²) in [5.74, 6) is -0.982. The molecule has 0 aliphatic rings. The van der Waals surface area contributed by atoms with Crippen molar-refractivity contribution >= 4 is 11.9 Å². The second-order valence-electron chi connectivity index (χ2n) is 7.20. The summed E-state index contributed by atoms with van der Waals surface area (Å²) in [7, 11) is 3.32. The number of hydrogen-bond donors (Lipinski definition) is 1. The van der Waals surface area contributed by atoms with E-state index < -0.39 is 12.1 Å². The molecule has 0 heterocycles. The van der Waals surface area contributed by atoms with Crippen molar-refractivity contribution in [3.05, 3.63) is 0 Å². The van der Waals surface area contributed by atoms with Crippen LogP contribution in [-0.2, 0) is 14.3 Å². The van der Waals surface area contributed by atoms with Gasteiger partial charge in [-0.25, -0.2) is 0 Å². The molecule has 25 heavy (non-hydrogen) atoms. The fourth-order valence-electron chi connectivity index (χ4n) is 2.89. The Kier molecular flexibility index (Phi) is 15.7. The summed E-state index contributed by atoms with van der Waals surface area (Å²) in [5, 5.41) is 0. The quantitative estimate of drug-likeness (QED) is 0.238. The smallest absolute Gasteiger partial charge is 0.307 e. The molecule has 1 amide bonds. The number of nitrogens with zero attached hydrogens (tertiary/aromatic N) is 1. The van der Waals surface area contributed by atoms with E-state index in [1.165, 1.54) is 69.1 Å². The molecule has 0 aromatic rings. The first kappa shape index (κ1) is 23.9. The third-order valence-electron chi connectivity index (χ3n) is 4.44. The lowest BCUT2D eigenvalue weighted by Crippen LogP contribution is -2.43. The van der Waals surface area contributed by atoms with Gasteiger partial charge in [0.15, 0.2) is 0 Å². The van der Waals surface area contributed by atoms with Crippen LogP contribution in [-0.4, -0.2) is 37.1 Å². The number of amides is 1. The Morgan fingerprint density at radius 3 is 1.56 bits per heavy atom. The first-order chi connectivity index (χ1) is 12.0. The number of carbonyl (C=O) groups is 2. The number of esters is 1. The third kappa shape index (κ3) is 14.9. The molecular formula is C20H40N2O3. The minimum Gasteiger partial charge on any atom is -0.437 e. The van der Waals surface area contributed by atoms with Gasteiger partial charge in [0.25, 0.3) is 5.91 Å². The Morgan fingerprint density at radius 1 is 0.800 bits per heavy atom. The number of likely N-dealkylation sites (N-methyl/N-ethyl adjacent to an activating group) is 1. The van der Waals surface area contributed by atoms with Crippen molar-refractivity contribution in [2.75, 3.05) is 14.1 Å². The van der Waals surface area contributed by atoms with E-state index in [0.717, 1.165) is 19.3 Å². The normalized spacial score (nSPS) is 12.3. The maximum Gasteiger partial charge on any atom is 0.307 e. The number of primary amides is 1. The van der Waals surface area contributed by atoms with Crippen LogP contribution >= 0.6 is 0 Å².